The van der Waals surface area contributed by atoms with Crippen molar-refractivity contribution in [2.45, 2.75) is 32.9 Å². The average molecular weight is 331 g/mol. The number of rotatable bonds is 5. The molecule has 7 nitrogen and oxygen atoms in total. The van der Waals surface area contributed by atoms with Crippen LogP contribution in [0.15, 0.2) is 29.3 Å². The first-order valence-corrected chi connectivity index (χ1v) is 8.21. The third-order valence-electron chi connectivity index (χ3n) is 3.97. The summed E-state index contributed by atoms with van der Waals surface area (Å²) in [5.41, 5.74) is 7.37. The van der Waals surface area contributed by atoms with Gasteiger partial charge in [-0.1, -0.05) is 19.1 Å². The standard InChI is InChI=1S/C17H25N5O2/c1-3-12(2)21-17(18)20-10-13-4-6-14(7-5-13)16(24)22-9-8-19-15(23)11-22/h4-7,12H,3,8-11H2,1-2H3,(H,19,23)(H3,18,20,21). The molecule has 7 heteroatoms. The average Bonchev–Trinajstić information content (AvgIpc) is 2.59. The van der Waals surface area contributed by atoms with Gasteiger partial charge in [-0.3, -0.25) is 9.59 Å². The van der Waals surface area contributed by atoms with Crippen LogP contribution in [-0.4, -0.2) is 48.3 Å². The second kappa shape index (κ2) is 8.33. The quantitative estimate of drug-likeness (QED) is 0.539. The zero-order chi connectivity index (χ0) is 17.5. The van der Waals surface area contributed by atoms with E-state index in [1.807, 2.05) is 19.1 Å². The van der Waals surface area contributed by atoms with E-state index in [9.17, 15) is 9.59 Å². The molecule has 1 aliphatic rings. The highest BCUT2D eigenvalue weighted by Crippen LogP contribution is 2.09. The molecule has 0 spiro atoms. The van der Waals surface area contributed by atoms with Crippen molar-refractivity contribution in [1.29, 1.82) is 0 Å². The summed E-state index contributed by atoms with van der Waals surface area (Å²) < 4.78 is 0. The molecule has 1 fully saturated rings. The summed E-state index contributed by atoms with van der Waals surface area (Å²) in [5, 5.41) is 5.81. The van der Waals surface area contributed by atoms with E-state index in [0.717, 1.165) is 12.0 Å². The van der Waals surface area contributed by atoms with Crippen LogP contribution in [0.3, 0.4) is 0 Å². The number of nitrogens with one attached hydrogen (secondary N) is 2. The fourth-order valence-corrected chi connectivity index (χ4v) is 2.32. The molecule has 1 atom stereocenters. The smallest absolute Gasteiger partial charge is 0.254 e. The lowest BCUT2D eigenvalue weighted by Gasteiger charge is -2.26. The van der Waals surface area contributed by atoms with Crippen LogP contribution in [0, 0.1) is 0 Å². The van der Waals surface area contributed by atoms with Crippen molar-refractivity contribution in [3.05, 3.63) is 35.4 Å². The van der Waals surface area contributed by atoms with E-state index in [-0.39, 0.29) is 24.4 Å². The molecule has 0 aliphatic carbocycles. The minimum absolute atomic E-state index is 0.114. The van der Waals surface area contributed by atoms with Gasteiger partial charge >= 0.3 is 0 Å². The van der Waals surface area contributed by atoms with Gasteiger partial charge in [-0.25, -0.2) is 4.99 Å². The number of amides is 2. The summed E-state index contributed by atoms with van der Waals surface area (Å²) >= 11 is 0. The predicted octanol–water partition coefficient (Wildman–Crippen LogP) is 0.461. The summed E-state index contributed by atoms with van der Waals surface area (Å²) in [6, 6.07) is 7.53. The topological polar surface area (TPSA) is 99.8 Å². The summed E-state index contributed by atoms with van der Waals surface area (Å²) in [7, 11) is 0. The van der Waals surface area contributed by atoms with Gasteiger partial charge in [0.25, 0.3) is 5.91 Å². The lowest BCUT2D eigenvalue weighted by molar-refractivity contribution is -0.123. The SMILES string of the molecule is CCC(C)NC(N)=NCc1ccc(C(=O)N2CCNC(=O)C2)cc1. The molecule has 1 aromatic carbocycles. The summed E-state index contributed by atoms with van der Waals surface area (Å²) in [6.07, 6.45) is 0.974. The van der Waals surface area contributed by atoms with Gasteiger partial charge in [0.1, 0.15) is 0 Å². The third-order valence-corrected chi connectivity index (χ3v) is 3.97. The van der Waals surface area contributed by atoms with Crippen LogP contribution in [-0.2, 0) is 11.3 Å². The largest absolute Gasteiger partial charge is 0.370 e. The van der Waals surface area contributed by atoms with Crippen molar-refractivity contribution in [1.82, 2.24) is 15.5 Å². The maximum Gasteiger partial charge on any atom is 0.254 e. The van der Waals surface area contributed by atoms with E-state index < -0.39 is 0 Å². The Morgan fingerprint density at radius 1 is 1.42 bits per heavy atom. The van der Waals surface area contributed by atoms with Crippen LogP contribution in [0.4, 0.5) is 0 Å². The third kappa shape index (κ3) is 4.97. The van der Waals surface area contributed by atoms with E-state index in [0.29, 0.717) is 31.2 Å². The zero-order valence-electron chi connectivity index (χ0n) is 14.2. The molecule has 1 aromatic rings. The van der Waals surface area contributed by atoms with Crippen LogP contribution in [0.25, 0.3) is 0 Å². The first-order chi connectivity index (χ1) is 11.5. The van der Waals surface area contributed by atoms with Crippen molar-refractivity contribution in [2.75, 3.05) is 19.6 Å². The molecule has 2 amide bonds. The maximum absolute atomic E-state index is 12.4. The van der Waals surface area contributed by atoms with E-state index in [1.165, 1.54) is 0 Å². The number of piperazine rings is 1. The Morgan fingerprint density at radius 2 is 2.12 bits per heavy atom. The molecule has 4 N–H and O–H groups in total. The highest BCUT2D eigenvalue weighted by atomic mass is 16.2. The molecular weight excluding hydrogens is 306 g/mol. The molecule has 1 saturated heterocycles. The minimum atomic E-state index is -0.127. The number of nitrogens with two attached hydrogens (primary N) is 1. The fourth-order valence-electron chi connectivity index (χ4n) is 2.32. The van der Waals surface area contributed by atoms with Gasteiger partial charge in [0.15, 0.2) is 5.96 Å². The molecule has 0 saturated carbocycles. The summed E-state index contributed by atoms with van der Waals surface area (Å²) in [6.45, 7) is 5.73. The van der Waals surface area contributed by atoms with E-state index in [4.69, 9.17) is 5.73 Å². The number of hydrogen-bond donors (Lipinski definition) is 3. The van der Waals surface area contributed by atoms with Gasteiger partial charge in [-0.05, 0) is 31.0 Å². The van der Waals surface area contributed by atoms with E-state index in [2.05, 4.69) is 22.5 Å². The normalized spacial score (nSPS) is 16.5. The first kappa shape index (κ1) is 17.8. The maximum atomic E-state index is 12.4. The number of carbonyl (C=O) groups excluding carboxylic acids is 2. The van der Waals surface area contributed by atoms with Crippen LogP contribution < -0.4 is 16.4 Å². The molecule has 2 rings (SSSR count). The number of carbonyl (C=O) groups is 2. The number of benzene rings is 1. The van der Waals surface area contributed by atoms with Crippen LogP contribution in [0.5, 0.6) is 0 Å². The van der Waals surface area contributed by atoms with Gasteiger partial charge in [0, 0.05) is 24.7 Å². The van der Waals surface area contributed by atoms with E-state index in [1.54, 1.807) is 17.0 Å². The van der Waals surface area contributed by atoms with Gasteiger partial charge in [0.2, 0.25) is 5.91 Å². The second-order valence-corrected chi connectivity index (χ2v) is 5.93. The van der Waals surface area contributed by atoms with Crippen molar-refractivity contribution < 1.29 is 9.59 Å². The monoisotopic (exact) mass is 331 g/mol. The predicted molar refractivity (Wildman–Crippen MR) is 93.6 cm³/mol. The number of guanidine groups is 1. The molecule has 1 heterocycles. The molecule has 0 aromatic heterocycles. The molecule has 1 unspecified atom stereocenters. The Bertz CT molecular complexity index is 612. The Balaban J connectivity index is 1.94. The van der Waals surface area contributed by atoms with Crippen LogP contribution in [0.1, 0.15) is 36.2 Å². The molecule has 1 aliphatic heterocycles. The second-order valence-electron chi connectivity index (χ2n) is 5.93. The molecule has 0 bridgehead atoms. The van der Waals surface area contributed by atoms with Crippen molar-refractivity contribution in [3.8, 4) is 0 Å². The fraction of sp³-hybridized carbons (Fsp3) is 0.471. The Labute approximate surface area is 142 Å². The summed E-state index contributed by atoms with van der Waals surface area (Å²) in [4.78, 5) is 29.6. The highest BCUT2D eigenvalue weighted by molar-refractivity contribution is 5.97. The lowest BCUT2D eigenvalue weighted by atomic mass is 10.1. The zero-order valence-corrected chi connectivity index (χ0v) is 14.2. The number of hydrogen-bond acceptors (Lipinski definition) is 3. The molecule has 24 heavy (non-hydrogen) atoms. The molecular formula is C17H25N5O2. The molecule has 0 radical (unpaired) electrons. The van der Waals surface area contributed by atoms with Crippen LogP contribution in [0.2, 0.25) is 0 Å². The highest BCUT2D eigenvalue weighted by Gasteiger charge is 2.21. The van der Waals surface area contributed by atoms with Crippen molar-refractivity contribution in [2.24, 2.45) is 10.7 Å². The van der Waals surface area contributed by atoms with Gasteiger partial charge < -0.3 is 21.3 Å². The van der Waals surface area contributed by atoms with Crippen molar-refractivity contribution in [3.63, 3.8) is 0 Å². The van der Waals surface area contributed by atoms with Crippen molar-refractivity contribution >= 4 is 17.8 Å². The minimum Gasteiger partial charge on any atom is -0.370 e. The van der Waals surface area contributed by atoms with E-state index >= 15 is 0 Å². The van der Waals surface area contributed by atoms with Gasteiger partial charge in [-0.2, -0.15) is 0 Å². The number of nitrogens with zero attached hydrogens (tertiary/aromatic N) is 2. The summed E-state index contributed by atoms with van der Waals surface area (Å²) in [5.74, 6) is 0.173. The Morgan fingerprint density at radius 3 is 2.75 bits per heavy atom. The van der Waals surface area contributed by atoms with Gasteiger partial charge in [-0.15, -0.1) is 0 Å². The number of aliphatic imine (C=N–C) groups is 1. The lowest BCUT2D eigenvalue weighted by Crippen LogP contribution is -2.49. The Hall–Kier alpha value is -2.57. The first-order valence-electron chi connectivity index (χ1n) is 8.21. The molecule has 130 valence electrons. The van der Waals surface area contributed by atoms with Crippen LogP contribution >= 0.6 is 0 Å². The van der Waals surface area contributed by atoms with Gasteiger partial charge in [0.05, 0.1) is 13.1 Å². The Kier molecular flexibility index (Phi) is 6.17.